The van der Waals surface area contributed by atoms with Gasteiger partial charge >= 0.3 is 0 Å². The molecule has 0 aliphatic rings. The van der Waals surface area contributed by atoms with Crippen molar-refractivity contribution in [3.63, 3.8) is 0 Å². The van der Waals surface area contributed by atoms with E-state index in [0.717, 1.165) is 49.6 Å². The normalized spacial score (nSPS) is 11.4. The number of nitrogens with zero attached hydrogens (tertiary/aromatic N) is 4. The Kier molecular flexibility index (Phi) is 6.43. The van der Waals surface area contributed by atoms with Crippen LogP contribution in [0, 0.1) is 0 Å². The zero-order chi connectivity index (χ0) is 31.2. The fraction of sp³-hybridized carbons (Fsp3) is 0. The van der Waals surface area contributed by atoms with E-state index in [1.54, 1.807) is 0 Å². The molecule has 0 bridgehead atoms. The van der Waals surface area contributed by atoms with E-state index >= 15 is 0 Å². The molecular formula is C43H28N4. The molecule has 0 saturated carbocycles. The third kappa shape index (κ3) is 4.75. The molecule has 0 spiro atoms. The van der Waals surface area contributed by atoms with Crippen molar-refractivity contribution in [1.29, 1.82) is 0 Å². The molecule has 2 heterocycles. The molecule has 9 rings (SSSR count). The second-order valence-electron chi connectivity index (χ2n) is 11.7. The fourth-order valence-electron chi connectivity index (χ4n) is 6.57. The Morgan fingerprint density at radius 3 is 1.66 bits per heavy atom. The lowest BCUT2D eigenvalue weighted by Crippen LogP contribution is -2.06. The van der Waals surface area contributed by atoms with E-state index in [2.05, 4.69) is 162 Å². The van der Waals surface area contributed by atoms with Crippen molar-refractivity contribution < 1.29 is 0 Å². The molecule has 0 aliphatic heterocycles. The SMILES string of the molecule is c1ccc(-c2ccc(-c3nc(-c4cccc(-c5ccccc5)c4)nc(-n4c5ccccc5c5ccc6ccccc6c54)n3)cc2)cc1. The molecule has 0 amide bonds. The number of aromatic nitrogens is 4. The highest BCUT2D eigenvalue weighted by molar-refractivity contribution is 6.18. The molecule has 0 fully saturated rings. The summed E-state index contributed by atoms with van der Waals surface area (Å²) in [6, 6.07) is 59.2. The zero-order valence-electron chi connectivity index (χ0n) is 25.5. The molecule has 0 radical (unpaired) electrons. The van der Waals surface area contributed by atoms with E-state index in [9.17, 15) is 0 Å². The summed E-state index contributed by atoms with van der Waals surface area (Å²) < 4.78 is 2.21. The number of fused-ring (bicyclic) bond motifs is 5. The summed E-state index contributed by atoms with van der Waals surface area (Å²) >= 11 is 0. The number of para-hydroxylation sites is 1. The van der Waals surface area contributed by atoms with Gasteiger partial charge in [0, 0.05) is 27.3 Å². The third-order valence-electron chi connectivity index (χ3n) is 8.86. The van der Waals surface area contributed by atoms with Crippen molar-refractivity contribution in [2.24, 2.45) is 0 Å². The van der Waals surface area contributed by atoms with Gasteiger partial charge in [-0.2, -0.15) is 9.97 Å². The molecule has 4 heteroatoms. The van der Waals surface area contributed by atoms with Crippen LogP contribution < -0.4 is 0 Å². The van der Waals surface area contributed by atoms with Crippen molar-refractivity contribution >= 4 is 32.6 Å². The van der Waals surface area contributed by atoms with Crippen LogP contribution in [-0.4, -0.2) is 19.5 Å². The lowest BCUT2D eigenvalue weighted by Gasteiger charge is -2.13. The summed E-state index contributed by atoms with van der Waals surface area (Å²) in [5.74, 6) is 1.84. The topological polar surface area (TPSA) is 43.6 Å². The van der Waals surface area contributed by atoms with E-state index in [1.165, 1.54) is 16.3 Å². The number of rotatable bonds is 5. The van der Waals surface area contributed by atoms with Gasteiger partial charge in [-0.15, -0.1) is 0 Å². The van der Waals surface area contributed by atoms with Crippen LogP contribution in [0.5, 0.6) is 0 Å². The van der Waals surface area contributed by atoms with Crippen LogP contribution in [0.15, 0.2) is 170 Å². The highest BCUT2D eigenvalue weighted by atomic mass is 15.2. The maximum Gasteiger partial charge on any atom is 0.238 e. The Morgan fingerprint density at radius 2 is 0.894 bits per heavy atom. The lowest BCUT2D eigenvalue weighted by molar-refractivity contribution is 0.955. The molecule has 220 valence electrons. The number of hydrogen-bond acceptors (Lipinski definition) is 3. The summed E-state index contributed by atoms with van der Waals surface area (Å²) in [5.41, 5.74) is 8.58. The molecule has 4 nitrogen and oxygen atoms in total. The Morgan fingerprint density at radius 1 is 0.340 bits per heavy atom. The Balaban J connectivity index is 1.30. The maximum atomic E-state index is 5.22. The highest BCUT2D eigenvalue weighted by Gasteiger charge is 2.19. The minimum Gasteiger partial charge on any atom is -0.277 e. The fourth-order valence-corrected chi connectivity index (χ4v) is 6.57. The molecule has 0 unspecified atom stereocenters. The van der Waals surface area contributed by atoms with Crippen molar-refractivity contribution in [3.8, 4) is 51.0 Å². The molecular weight excluding hydrogens is 573 g/mol. The average molecular weight is 601 g/mol. The van der Waals surface area contributed by atoms with Crippen LogP contribution in [0.25, 0.3) is 83.6 Å². The Hall–Kier alpha value is -6.39. The number of benzene rings is 7. The summed E-state index contributed by atoms with van der Waals surface area (Å²) in [7, 11) is 0. The van der Waals surface area contributed by atoms with Gasteiger partial charge in [-0.3, -0.25) is 4.57 Å². The smallest absolute Gasteiger partial charge is 0.238 e. The van der Waals surface area contributed by atoms with Gasteiger partial charge in [0.25, 0.3) is 0 Å². The highest BCUT2D eigenvalue weighted by Crippen LogP contribution is 2.37. The molecule has 9 aromatic rings. The summed E-state index contributed by atoms with van der Waals surface area (Å²) in [6.07, 6.45) is 0. The summed E-state index contributed by atoms with van der Waals surface area (Å²) in [6.45, 7) is 0. The first-order chi connectivity index (χ1) is 23.3. The van der Waals surface area contributed by atoms with Crippen LogP contribution in [0.2, 0.25) is 0 Å². The van der Waals surface area contributed by atoms with Crippen molar-refractivity contribution in [2.45, 2.75) is 0 Å². The molecule has 47 heavy (non-hydrogen) atoms. The van der Waals surface area contributed by atoms with E-state index in [4.69, 9.17) is 15.0 Å². The van der Waals surface area contributed by atoms with E-state index in [0.29, 0.717) is 17.6 Å². The quantitative estimate of drug-likeness (QED) is 0.197. The number of hydrogen-bond donors (Lipinski definition) is 0. The third-order valence-corrected chi connectivity index (χ3v) is 8.86. The summed E-state index contributed by atoms with van der Waals surface area (Å²) in [4.78, 5) is 15.5. The molecule has 0 N–H and O–H groups in total. The monoisotopic (exact) mass is 600 g/mol. The predicted octanol–water partition coefficient (Wildman–Crippen LogP) is 10.8. The van der Waals surface area contributed by atoms with E-state index in [-0.39, 0.29) is 0 Å². The van der Waals surface area contributed by atoms with Gasteiger partial charge in [0.2, 0.25) is 5.95 Å². The van der Waals surface area contributed by atoms with Crippen LogP contribution in [0.3, 0.4) is 0 Å². The Bertz CT molecular complexity index is 2550. The first-order valence-corrected chi connectivity index (χ1v) is 15.8. The van der Waals surface area contributed by atoms with E-state index in [1.807, 2.05) is 12.1 Å². The van der Waals surface area contributed by atoms with Crippen LogP contribution in [0.1, 0.15) is 0 Å². The lowest BCUT2D eigenvalue weighted by atomic mass is 10.0. The van der Waals surface area contributed by atoms with Gasteiger partial charge in [0.1, 0.15) is 0 Å². The predicted molar refractivity (Wildman–Crippen MR) is 193 cm³/mol. The van der Waals surface area contributed by atoms with Crippen molar-refractivity contribution in [2.75, 3.05) is 0 Å². The van der Waals surface area contributed by atoms with Gasteiger partial charge < -0.3 is 0 Å². The van der Waals surface area contributed by atoms with Gasteiger partial charge in [-0.1, -0.05) is 158 Å². The van der Waals surface area contributed by atoms with Gasteiger partial charge in [0.15, 0.2) is 11.6 Å². The van der Waals surface area contributed by atoms with Crippen LogP contribution in [-0.2, 0) is 0 Å². The first kappa shape index (κ1) is 27.0. The van der Waals surface area contributed by atoms with Crippen molar-refractivity contribution in [1.82, 2.24) is 19.5 Å². The minimum atomic E-state index is 0.588. The molecule has 2 aromatic heterocycles. The minimum absolute atomic E-state index is 0.588. The Labute approximate surface area is 272 Å². The van der Waals surface area contributed by atoms with Crippen LogP contribution in [0.4, 0.5) is 0 Å². The van der Waals surface area contributed by atoms with Gasteiger partial charge in [-0.05, 0) is 39.8 Å². The van der Waals surface area contributed by atoms with Gasteiger partial charge in [0.05, 0.1) is 11.0 Å². The van der Waals surface area contributed by atoms with Crippen molar-refractivity contribution in [3.05, 3.63) is 170 Å². The maximum absolute atomic E-state index is 5.22. The van der Waals surface area contributed by atoms with E-state index < -0.39 is 0 Å². The average Bonchev–Trinajstić information content (AvgIpc) is 3.50. The standard InChI is InChI=1S/C43H28N4/c1-3-12-29(13-4-1)31-22-24-33(25-23-31)41-44-42(35-18-11-17-34(28-35)30-14-5-2-6-15-30)46-43(45-41)47-39-21-10-9-20-37(39)38-27-26-32-16-7-8-19-36(32)40(38)47/h1-28H. The second kappa shape index (κ2) is 11.2. The zero-order valence-corrected chi connectivity index (χ0v) is 25.5. The van der Waals surface area contributed by atoms with Crippen LogP contribution >= 0.6 is 0 Å². The van der Waals surface area contributed by atoms with Gasteiger partial charge in [-0.25, -0.2) is 4.98 Å². The second-order valence-corrected chi connectivity index (χ2v) is 11.7. The molecule has 0 saturated heterocycles. The first-order valence-electron chi connectivity index (χ1n) is 15.8. The molecule has 0 aliphatic carbocycles. The summed E-state index contributed by atoms with van der Waals surface area (Å²) in [5, 5.41) is 4.66. The molecule has 7 aromatic carbocycles. The largest absolute Gasteiger partial charge is 0.277 e. The molecule has 0 atom stereocenters.